The van der Waals surface area contributed by atoms with Gasteiger partial charge >= 0.3 is 0 Å². The predicted molar refractivity (Wildman–Crippen MR) is 205 cm³/mol. The van der Waals surface area contributed by atoms with Crippen molar-refractivity contribution in [1.82, 2.24) is 34.5 Å². The van der Waals surface area contributed by atoms with Crippen molar-refractivity contribution >= 4 is 45.1 Å². The van der Waals surface area contributed by atoms with Gasteiger partial charge in [-0.25, -0.2) is 19.0 Å². The van der Waals surface area contributed by atoms with Crippen LogP contribution < -0.4 is 20.7 Å². The number of carbonyl (C=O) groups excluding carboxylic acids is 2. The molecule has 3 N–H and O–H groups in total. The molecule has 3 aliphatic rings. The molecule has 1 saturated carbocycles. The Labute approximate surface area is 323 Å². The number of piperidine rings is 1. The Kier molecular flexibility index (Phi) is 6.85. The Morgan fingerprint density at radius 2 is 1.65 bits per heavy atom. The average Bonchev–Trinajstić information content (AvgIpc) is 3.85. The Balaban J connectivity index is 0.946. The number of piperazine rings is 1. The molecule has 276 valence electrons. The lowest BCUT2D eigenvalue weighted by atomic mass is 9.85. The number of nitrogen functional groups attached to an aromatic ring is 1. The molecule has 1 atom stereocenters. The number of hydrogen-bond acceptors (Lipinski definition) is 9. The fourth-order valence-electron chi connectivity index (χ4n) is 7.58. The minimum atomic E-state index is -3.30. The summed E-state index contributed by atoms with van der Waals surface area (Å²) in [5, 5.41) is 7.98. The van der Waals surface area contributed by atoms with Gasteiger partial charge < -0.3 is 19.9 Å². The lowest BCUT2D eigenvalue weighted by Crippen LogP contribution is -2.48. The number of rotatable bonds is 8. The number of nitrogens with two attached hydrogens (primary N) is 1. The topological polar surface area (TPSA) is 136 Å². The molecule has 2 aliphatic heterocycles. The summed E-state index contributed by atoms with van der Waals surface area (Å²) in [4.78, 5) is 33.8. The van der Waals surface area contributed by atoms with Crippen LogP contribution in [0.5, 0.6) is 11.5 Å². The predicted octanol–water partition coefficient (Wildman–Crippen LogP) is 6.49. The largest absolute Gasteiger partial charge is 0.457 e. The molecule has 2 saturated heterocycles. The van der Waals surface area contributed by atoms with E-state index in [0.717, 1.165) is 11.6 Å². The highest BCUT2D eigenvalue weighted by molar-refractivity contribution is 6.00. The molecule has 6 aromatic rings. The van der Waals surface area contributed by atoms with Gasteiger partial charge in [0.1, 0.15) is 35.4 Å². The van der Waals surface area contributed by atoms with Crippen LogP contribution in [-0.4, -0.2) is 73.6 Å². The molecule has 0 bridgehead atoms. The summed E-state index contributed by atoms with van der Waals surface area (Å²) in [7, 11) is 0. The van der Waals surface area contributed by atoms with Gasteiger partial charge in [0, 0.05) is 73.2 Å². The summed E-state index contributed by atoms with van der Waals surface area (Å²) in [6.45, 7) is -13.2. The second-order valence-electron chi connectivity index (χ2n) is 13.8. The first-order chi connectivity index (χ1) is 29.4. The molecule has 2 amide bonds. The van der Waals surface area contributed by atoms with Gasteiger partial charge in [0.2, 0.25) is 11.8 Å². The molecule has 3 aromatic heterocycles. The van der Waals surface area contributed by atoms with Crippen molar-refractivity contribution < 1.29 is 29.7 Å². The fourth-order valence-corrected chi connectivity index (χ4v) is 7.58. The first kappa shape index (κ1) is 26.0. The minimum Gasteiger partial charge on any atom is -0.457 e. The smallest absolute Gasteiger partial charge is 0.249 e. The summed E-state index contributed by atoms with van der Waals surface area (Å²) in [6, 6.07) is 18.3. The molecular formula is C41H42FN9O3. The lowest BCUT2D eigenvalue weighted by molar-refractivity contribution is -0.135. The molecule has 3 fully saturated rings. The van der Waals surface area contributed by atoms with E-state index in [1.807, 2.05) is 59.3 Å². The van der Waals surface area contributed by atoms with Gasteiger partial charge in [0.25, 0.3) is 0 Å². The van der Waals surface area contributed by atoms with Crippen molar-refractivity contribution in [1.29, 1.82) is 0 Å². The number of benzene rings is 3. The van der Waals surface area contributed by atoms with Crippen LogP contribution in [0.15, 0.2) is 85.5 Å². The summed E-state index contributed by atoms with van der Waals surface area (Å²) >= 11 is 0. The number of fused-ring (bicyclic) bond motifs is 2. The number of amides is 2. The maximum atomic E-state index is 16.5. The number of anilines is 2. The third-order valence-electron chi connectivity index (χ3n) is 10.4. The van der Waals surface area contributed by atoms with E-state index in [9.17, 15) is 9.59 Å². The zero-order valence-electron chi connectivity index (χ0n) is 37.1. The molecule has 54 heavy (non-hydrogen) atoms. The van der Waals surface area contributed by atoms with E-state index in [0.29, 0.717) is 58.8 Å². The van der Waals surface area contributed by atoms with Gasteiger partial charge in [0.05, 0.1) is 22.6 Å². The van der Waals surface area contributed by atoms with Crippen LogP contribution >= 0.6 is 0 Å². The lowest BCUT2D eigenvalue weighted by Gasteiger charge is -2.39. The van der Waals surface area contributed by atoms with Crippen molar-refractivity contribution in [2.75, 3.05) is 43.2 Å². The van der Waals surface area contributed by atoms with Gasteiger partial charge in [0.15, 0.2) is 11.5 Å². The highest BCUT2D eigenvalue weighted by Gasteiger charge is 2.31. The zero-order chi connectivity index (χ0) is 43.9. The monoisotopic (exact) mass is 735 g/mol. The van der Waals surface area contributed by atoms with E-state index in [2.05, 4.69) is 15.3 Å². The molecule has 3 aromatic carbocycles. The van der Waals surface area contributed by atoms with Crippen LogP contribution in [0.2, 0.25) is 0 Å². The molecule has 1 aliphatic carbocycles. The van der Waals surface area contributed by atoms with Crippen molar-refractivity contribution in [2.45, 2.75) is 50.6 Å². The van der Waals surface area contributed by atoms with E-state index in [1.165, 1.54) is 29.4 Å². The first-order valence-corrected chi connectivity index (χ1v) is 17.9. The van der Waals surface area contributed by atoms with E-state index < -0.39 is 55.3 Å². The van der Waals surface area contributed by atoms with Crippen molar-refractivity contribution in [3.8, 4) is 22.8 Å². The zero-order valence-corrected chi connectivity index (χ0v) is 29.1. The van der Waals surface area contributed by atoms with Crippen molar-refractivity contribution in [3.63, 3.8) is 0 Å². The number of ether oxygens (including phenoxy) is 1. The summed E-state index contributed by atoms with van der Waals surface area (Å²) in [6.07, 6.45) is 6.32. The van der Waals surface area contributed by atoms with Crippen LogP contribution in [0.25, 0.3) is 33.1 Å². The van der Waals surface area contributed by atoms with Crippen LogP contribution in [-0.2, 0) is 9.59 Å². The van der Waals surface area contributed by atoms with E-state index in [1.54, 1.807) is 0 Å². The molecule has 12 nitrogen and oxygen atoms in total. The van der Waals surface area contributed by atoms with E-state index >= 15 is 4.39 Å². The second-order valence-corrected chi connectivity index (χ2v) is 13.8. The third-order valence-corrected chi connectivity index (χ3v) is 10.4. The highest BCUT2D eigenvalue weighted by atomic mass is 19.1. The first-order valence-electron chi connectivity index (χ1n) is 21.9. The number of imide groups is 1. The number of aromatic nitrogens is 5. The SMILES string of the molecule is [2H]C1([2H])N(CC2CCC(n3nc(-c4ccc(Oc5ccccc5)cc4)c4c(N)ncnc43)CC2)C([2H])([2H])C([2H])([2H])N(c2ccc3cn(C4CCC(=O)NC4=O)cc3c2F)C1([2H])[2H]. The average molecular weight is 736 g/mol. The third kappa shape index (κ3) is 6.53. The number of para-hydroxylation sites is 1. The standard InChI is InChI=1S/C41H42FN9O3/c42-37-32-24-50(34-16-17-35(52)46-41(34)53)23-28(32)10-15-33(37)49-20-18-48(19-21-49)22-26-6-11-29(12-7-26)51-40-36(39(43)44-25-45-40)38(47-51)27-8-13-31(14-9-27)54-30-4-2-1-3-5-30/h1-5,8-10,13-15,23-26,29,34H,6-7,11-12,16-22H2,(H2,43,44,45)(H,46,52,53)/i18D2,19D2,20D2,21D2. The summed E-state index contributed by atoms with van der Waals surface area (Å²) in [5.74, 6) is -0.895. The molecule has 1 unspecified atom stereocenters. The number of nitrogens with zero attached hydrogens (tertiary/aromatic N) is 7. The van der Waals surface area contributed by atoms with Crippen LogP contribution in [0.1, 0.15) is 61.6 Å². The van der Waals surface area contributed by atoms with Gasteiger partial charge in [-0.05, 0) is 80.5 Å². The van der Waals surface area contributed by atoms with Crippen LogP contribution in [0, 0.1) is 11.7 Å². The molecule has 5 heterocycles. The van der Waals surface area contributed by atoms with E-state index in [-0.39, 0.29) is 52.8 Å². The van der Waals surface area contributed by atoms with Crippen molar-refractivity contribution in [3.05, 3.63) is 91.3 Å². The van der Waals surface area contributed by atoms with Gasteiger partial charge in [-0.2, -0.15) is 5.10 Å². The Hall–Kier alpha value is -5.82. The van der Waals surface area contributed by atoms with Crippen LogP contribution in [0.3, 0.4) is 0 Å². The minimum absolute atomic E-state index is 0.0743. The summed E-state index contributed by atoms with van der Waals surface area (Å²) in [5.41, 5.74) is 7.58. The van der Waals surface area contributed by atoms with E-state index in [4.69, 9.17) is 26.5 Å². The highest BCUT2D eigenvalue weighted by Crippen LogP contribution is 2.39. The second kappa shape index (κ2) is 14.2. The summed E-state index contributed by atoms with van der Waals surface area (Å²) < 4.78 is 98.3. The number of nitrogens with one attached hydrogen (secondary N) is 1. The maximum Gasteiger partial charge on any atom is 0.249 e. The van der Waals surface area contributed by atoms with Crippen molar-refractivity contribution in [2.24, 2.45) is 5.92 Å². The fraction of sp³-hybridized carbons (Fsp3) is 0.341. The number of carbonyl (C=O) groups is 2. The van der Waals surface area contributed by atoms with Gasteiger partial charge in [-0.15, -0.1) is 0 Å². The maximum absolute atomic E-state index is 16.5. The molecule has 0 spiro atoms. The number of halogens is 1. The van der Waals surface area contributed by atoms with Crippen LogP contribution in [0.4, 0.5) is 15.9 Å². The Morgan fingerprint density at radius 1 is 0.889 bits per heavy atom. The normalized spacial score (nSPS) is 27.1. The Morgan fingerprint density at radius 3 is 2.41 bits per heavy atom. The molecule has 13 heteroatoms. The molecule has 0 radical (unpaired) electrons. The Bertz CT molecular complexity index is 2680. The van der Waals surface area contributed by atoms with Gasteiger partial charge in [-0.1, -0.05) is 24.3 Å². The number of hydrogen-bond donors (Lipinski definition) is 2. The quantitative estimate of drug-likeness (QED) is 0.168. The molecule has 9 rings (SSSR count). The molecular weight excluding hydrogens is 686 g/mol. The van der Waals surface area contributed by atoms with Gasteiger partial charge in [-0.3, -0.25) is 19.8 Å².